The summed E-state index contributed by atoms with van der Waals surface area (Å²) < 4.78 is 1.80. The Morgan fingerprint density at radius 3 is 3.14 bits per heavy atom. The van der Waals surface area contributed by atoms with Crippen LogP contribution < -0.4 is 10.9 Å². The van der Waals surface area contributed by atoms with Gasteiger partial charge in [-0.15, -0.1) is 0 Å². The summed E-state index contributed by atoms with van der Waals surface area (Å²) >= 11 is 0. The molecule has 1 aliphatic rings. The van der Waals surface area contributed by atoms with E-state index in [2.05, 4.69) is 5.32 Å². The van der Waals surface area contributed by atoms with E-state index in [9.17, 15) is 4.79 Å². The summed E-state index contributed by atoms with van der Waals surface area (Å²) in [7, 11) is 0. The maximum absolute atomic E-state index is 11.4. The lowest BCUT2D eigenvalue weighted by Gasteiger charge is -2.23. The van der Waals surface area contributed by atoms with Crippen LogP contribution in [-0.2, 0) is 6.54 Å². The fraction of sp³-hybridized carbons (Fsp3) is 0.545. The zero-order valence-corrected chi connectivity index (χ0v) is 8.28. The van der Waals surface area contributed by atoms with Crippen molar-refractivity contribution >= 4 is 0 Å². The zero-order chi connectivity index (χ0) is 9.80. The highest BCUT2D eigenvalue weighted by atomic mass is 16.1. The molecule has 1 aromatic heterocycles. The second-order valence-electron chi connectivity index (χ2n) is 3.90. The number of rotatable bonds is 2. The first-order chi connectivity index (χ1) is 6.86. The average molecular weight is 192 g/mol. The molecule has 0 amide bonds. The molecule has 0 saturated carbocycles. The number of hydrogen-bond donors (Lipinski definition) is 1. The fourth-order valence-electron chi connectivity index (χ4n) is 1.97. The van der Waals surface area contributed by atoms with E-state index in [1.807, 2.05) is 12.3 Å². The summed E-state index contributed by atoms with van der Waals surface area (Å²) in [4.78, 5) is 11.4. The second-order valence-corrected chi connectivity index (χ2v) is 3.90. The normalized spacial score (nSPS) is 22.1. The lowest BCUT2D eigenvalue weighted by atomic mass is 10.00. The zero-order valence-electron chi connectivity index (χ0n) is 8.28. The highest BCUT2D eigenvalue weighted by Crippen LogP contribution is 2.11. The molecule has 1 N–H and O–H groups in total. The van der Waals surface area contributed by atoms with E-state index in [4.69, 9.17) is 0 Å². The van der Waals surface area contributed by atoms with Gasteiger partial charge in [0, 0.05) is 18.8 Å². The molecule has 0 radical (unpaired) electrons. The third kappa shape index (κ3) is 2.23. The molecule has 0 spiro atoms. The van der Waals surface area contributed by atoms with Crippen LogP contribution in [0.25, 0.3) is 0 Å². The molecule has 0 unspecified atom stereocenters. The van der Waals surface area contributed by atoms with Crippen molar-refractivity contribution in [3.8, 4) is 0 Å². The molecule has 0 bridgehead atoms. The molecular weight excluding hydrogens is 176 g/mol. The largest absolute Gasteiger partial charge is 0.316 e. The molecule has 0 aliphatic carbocycles. The third-order valence-corrected chi connectivity index (χ3v) is 2.75. The van der Waals surface area contributed by atoms with Gasteiger partial charge in [0.1, 0.15) is 0 Å². The van der Waals surface area contributed by atoms with Gasteiger partial charge < -0.3 is 9.88 Å². The lowest BCUT2D eigenvalue weighted by Crippen LogP contribution is -2.34. The number of pyridine rings is 1. The molecule has 1 aliphatic heterocycles. The Bertz CT molecular complexity index is 339. The molecule has 1 atom stereocenters. The van der Waals surface area contributed by atoms with Crippen molar-refractivity contribution in [2.24, 2.45) is 5.92 Å². The van der Waals surface area contributed by atoms with Gasteiger partial charge >= 0.3 is 0 Å². The standard InChI is InChI=1S/C11H16N2O/c14-11-5-1-2-7-13(11)9-10-4-3-6-12-8-10/h1-2,5,7,10,12H,3-4,6,8-9H2/t10-/m1/s1. The van der Waals surface area contributed by atoms with Crippen LogP contribution in [0.4, 0.5) is 0 Å². The molecule has 14 heavy (non-hydrogen) atoms. The van der Waals surface area contributed by atoms with Crippen LogP contribution in [0.3, 0.4) is 0 Å². The van der Waals surface area contributed by atoms with Crippen LogP contribution in [0.1, 0.15) is 12.8 Å². The van der Waals surface area contributed by atoms with Crippen molar-refractivity contribution in [3.05, 3.63) is 34.7 Å². The van der Waals surface area contributed by atoms with E-state index in [0.717, 1.165) is 19.6 Å². The molecule has 2 rings (SSSR count). The highest BCUT2D eigenvalue weighted by molar-refractivity contribution is 4.93. The van der Waals surface area contributed by atoms with Gasteiger partial charge in [0.15, 0.2) is 0 Å². The molecule has 76 valence electrons. The molecule has 1 saturated heterocycles. The predicted molar refractivity (Wildman–Crippen MR) is 56.3 cm³/mol. The van der Waals surface area contributed by atoms with Crippen LogP contribution in [-0.4, -0.2) is 17.7 Å². The van der Waals surface area contributed by atoms with Gasteiger partial charge in [0.25, 0.3) is 5.56 Å². The van der Waals surface area contributed by atoms with Gasteiger partial charge in [0.2, 0.25) is 0 Å². The summed E-state index contributed by atoms with van der Waals surface area (Å²) in [6.45, 7) is 3.02. The Hall–Kier alpha value is -1.09. The van der Waals surface area contributed by atoms with Crippen molar-refractivity contribution in [1.29, 1.82) is 0 Å². The quantitative estimate of drug-likeness (QED) is 0.753. The monoisotopic (exact) mass is 192 g/mol. The summed E-state index contributed by atoms with van der Waals surface area (Å²) in [6.07, 6.45) is 4.33. The minimum absolute atomic E-state index is 0.109. The maximum Gasteiger partial charge on any atom is 0.250 e. The van der Waals surface area contributed by atoms with E-state index < -0.39 is 0 Å². The molecule has 2 heterocycles. The van der Waals surface area contributed by atoms with Gasteiger partial charge in [-0.2, -0.15) is 0 Å². The van der Waals surface area contributed by atoms with E-state index in [-0.39, 0.29) is 5.56 Å². The minimum Gasteiger partial charge on any atom is -0.316 e. The summed E-state index contributed by atoms with van der Waals surface area (Å²) in [6, 6.07) is 5.33. The van der Waals surface area contributed by atoms with Crippen molar-refractivity contribution < 1.29 is 0 Å². The van der Waals surface area contributed by atoms with Gasteiger partial charge in [-0.1, -0.05) is 6.07 Å². The van der Waals surface area contributed by atoms with Gasteiger partial charge in [0.05, 0.1) is 0 Å². The number of aromatic nitrogens is 1. The summed E-state index contributed by atoms with van der Waals surface area (Å²) in [5.74, 6) is 0.615. The smallest absolute Gasteiger partial charge is 0.250 e. The van der Waals surface area contributed by atoms with Crippen molar-refractivity contribution in [2.45, 2.75) is 19.4 Å². The molecule has 1 aromatic rings. The highest BCUT2D eigenvalue weighted by Gasteiger charge is 2.13. The first-order valence-corrected chi connectivity index (χ1v) is 5.22. The van der Waals surface area contributed by atoms with Gasteiger partial charge in [-0.05, 0) is 37.9 Å². The first-order valence-electron chi connectivity index (χ1n) is 5.22. The van der Waals surface area contributed by atoms with Gasteiger partial charge in [-0.25, -0.2) is 0 Å². The summed E-state index contributed by atoms with van der Waals surface area (Å²) in [5.41, 5.74) is 0.109. The number of nitrogens with zero attached hydrogens (tertiary/aromatic N) is 1. The molecule has 0 aromatic carbocycles. The van der Waals surface area contributed by atoms with Crippen LogP contribution in [0.2, 0.25) is 0 Å². The maximum atomic E-state index is 11.4. The van der Waals surface area contributed by atoms with Crippen molar-refractivity contribution in [2.75, 3.05) is 13.1 Å². The van der Waals surface area contributed by atoms with Crippen LogP contribution >= 0.6 is 0 Å². The number of hydrogen-bond acceptors (Lipinski definition) is 2. The van der Waals surface area contributed by atoms with Gasteiger partial charge in [-0.3, -0.25) is 4.79 Å². The Morgan fingerprint density at radius 2 is 2.43 bits per heavy atom. The van der Waals surface area contributed by atoms with E-state index in [1.165, 1.54) is 12.8 Å². The minimum atomic E-state index is 0.109. The average Bonchev–Trinajstić information content (AvgIpc) is 2.23. The van der Waals surface area contributed by atoms with Crippen LogP contribution in [0.5, 0.6) is 0 Å². The molecule has 1 fully saturated rings. The van der Waals surface area contributed by atoms with Crippen LogP contribution in [0, 0.1) is 5.92 Å². The lowest BCUT2D eigenvalue weighted by molar-refractivity contribution is 0.334. The second kappa shape index (κ2) is 4.42. The predicted octanol–water partition coefficient (Wildman–Crippen LogP) is 0.848. The Morgan fingerprint density at radius 1 is 1.50 bits per heavy atom. The van der Waals surface area contributed by atoms with Crippen molar-refractivity contribution in [3.63, 3.8) is 0 Å². The first kappa shape index (κ1) is 9.46. The number of piperidine rings is 1. The summed E-state index contributed by atoms with van der Waals surface area (Å²) in [5, 5.41) is 3.36. The third-order valence-electron chi connectivity index (χ3n) is 2.75. The van der Waals surface area contributed by atoms with E-state index in [0.29, 0.717) is 5.92 Å². The molecule has 3 heteroatoms. The van der Waals surface area contributed by atoms with Crippen LogP contribution in [0.15, 0.2) is 29.2 Å². The topological polar surface area (TPSA) is 34.0 Å². The molecular formula is C11H16N2O. The number of nitrogens with one attached hydrogen (secondary N) is 1. The fourth-order valence-corrected chi connectivity index (χ4v) is 1.97. The van der Waals surface area contributed by atoms with Crippen molar-refractivity contribution in [1.82, 2.24) is 9.88 Å². The Kier molecular flexibility index (Phi) is 2.99. The Balaban J connectivity index is 2.03. The van der Waals surface area contributed by atoms with E-state index in [1.54, 1.807) is 16.7 Å². The molecule has 3 nitrogen and oxygen atoms in total. The Labute approximate surface area is 83.8 Å². The van der Waals surface area contributed by atoms with E-state index >= 15 is 0 Å². The SMILES string of the molecule is O=c1ccccn1C[C@@H]1CCCNC1.